The van der Waals surface area contributed by atoms with Crippen LogP contribution >= 0.6 is 11.8 Å². The van der Waals surface area contributed by atoms with Crippen LogP contribution in [0.1, 0.15) is 23.8 Å². The first kappa shape index (κ1) is 16.8. The van der Waals surface area contributed by atoms with Crippen LogP contribution in [-0.2, 0) is 11.3 Å². The number of hydrogen-bond donors (Lipinski definition) is 0. The number of carbonyl (C=O) groups excluding carboxylic acids is 1. The van der Waals surface area contributed by atoms with Crippen LogP contribution in [0.2, 0.25) is 0 Å². The van der Waals surface area contributed by atoms with E-state index < -0.39 is 0 Å². The van der Waals surface area contributed by atoms with E-state index in [-0.39, 0.29) is 11.8 Å². The van der Waals surface area contributed by atoms with Crippen molar-refractivity contribution < 1.29 is 9.32 Å². The molecule has 1 aliphatic heterocycles. The van der Waals surface area contributed by atoms with Crippen molar-refractivity contribution in [3.05, 3.63) is 66.1 Å². The lowest BCUT2D eigenvalue weighted by Gasteiger charge is -2.15. The standard InChI is InChI=1S/C20H19N3O2S/c1-26-17-9-7-15(8-10-17)19-21-20(25-22-19)16-11-18(24)23(13-16)12-14-5-3-2-4-6-14/h2-10,16H,11-13H2,1H3. The summed E-state index contributed by atoms with van der Waals surface area (Å²) in [4.78, 5) is 19.9. The van der Waals surface area contributed by atoms with E-state index >= 15 is 0 Å². The maximum Gasteiger partial charge on any atom is 0.232 e. The first-order chi connectivity index (χ1) is 12.7. The molecule has 1 unspecified atom stereocenters. The van der Waals surface area contributed by atoms with Crippen LogP contribution in [0.5, 0.6) is 0 Å². The second-order valence-corrected chi connectivity index (χ2v) is 7.23. The van der Waals surface area contributed by atoms with Gasteiger partial charge in [0, 0.05) is 30.0 Å². The van der Waals surface area contributed by atoms with Gasteiger partial charge in [-0.15, -0.1) is 11.8 Å². The summed E-state index contributed by atoms with van der Waals surface area (Å²) in [5.74, 6) is 1.19. The van der Waals surface area contributed by atoms with Crippen LogP contribution in [-0.4, -0.2) is 33.7 Å². The highest BCUT2D eigenvalue weighted by Crippen LogP contribution is 2.30. The third-order valence-corrected chi connectivity index (χ3v) is 5.31. The summed E-state index contributed by atoms with van der Waals surface area (Å²) >= 11 is 1.69. The van der Waals surface area contributed by atoms with E-state index in [0.29, 0.717) is 31.2 Å². The Morgan fingerprint density at radius 1 is 1.15 bits per heavy atom. The average molecular weight is 365 g/mol. The molecule has 0 aliphatic carbocycles. The summed E-state index contributed by atoms with van der Waals surface area (Å²) in [6.07, 6.45) is 2.46. The Bertz CT molecular complexity index is 893. The molecule has 3 aromatic rings. The first-order valence-corrected chi connectivity index (χ1v) is 9.75. The molecule has 26 heavy (non-hydrogen) atoms. The highest BCUT2D eigenvalue weighted by atomic mass is 32.2. The molecular formula is C20H19N3O2S. The smallest absolute Gasteiger partial charge is 0.232 e. The Morgan fingerprint density at radius 3 is 2.65 bits per heavy atom. The van der Waals surface area contributed by atoms with E-state index in [1.54, 1.807) is 11.8 Å². The minimum absolute atomic E-state index is 0.0436. The maximum absolute atomic E-state index is 12.3. The van der Waals surface area contributed by atoms with Crippen molar-refractivity contribution in [2.24, 2.45) is 0 Å². The molecule has 1 saturated heterocycles. The zero-order valence-electron chi connectivity index (χ0n) is 14.5. The summed E-state index contributed by atoms with van der Waals surface area (Å²) in [6.45, 7) is 1.23. The highest BCUT2D eigenvalue weighted by Gasteiger charge is 2.34. The Labute approximate surface area is 156 Å². The van der Waals surface area contributed by atoms with Crippen molar-refractivity contribution in [1.82, 2.24) is 15.0 Å². The minimum Gasteiger partial charge on any atom is -0.339 e. The van der Waals surface area contributed by atoms with Crippen LogP contribution in [0, 0.1) is 0 Å². The van der Waals surface area contributed by atoms with Gasteiger partial charge in [-0.05, 0) is 36.1 Å². The molecular weight excluding hydrogens is 346 g/mol. The predicted octanol–water partition coefficient (Wildman–Crippen LogP) is 3.97. The molecule has 2 aromatic carbocycles. The summed E-state index contributed by atoms with van der Waals surface area (Å²) in [6, 6.07) is 18.1. The fourth-order valence-electron chi connectivity index (χ4n) is 3.15. The minimum atomic E-state index is -0.0436. The number of amides is 1. The molecule has 4 rings (SSSR count). The van der Waals surface area contributed by atoms with Gasteiger partial charge in [0.2, 0.25) is 17.6 Å². The van der Waals surface area contributed by atoms with Gasteiger partial charge in [-0.3, -0.25) is 4.79 Å². The zero-order valence-corrected chi connectivity index (χ0v) is 15.3. The van der Waals surface area contributed by atoms with Gasteiger partial charge in [0.1, 0.15) is 0 Å². The number of hydrogen-bond acceptors (Lipinski definition) is 5. The molecule has 0 bridgehead atoms. The van der Waals surface area contributed by atoms with Crippen molar-refractivity contribution >= 4 is 17.7 Å². The number of likely N-dealkylation sites (tertiary alicyclic amines) is 1. The lowest BCUT2D eigenvalue weighted by Crippen LogP contribution is -2.24. The third-order valence-electron chi connectivity index (χ3n) is 4.57. The Hall–Kier alpha value is -2.60. The molecule has 6 heteroatoms. The topological polar surface area (TPSA) is 59.2 Å². The second kappa shape index (κ2) is 7.33. The monoisotopic (exact) mass is 365 g/mol. The quantitative estimate of drug-likeness (QED) is 0.640. The van der Waals surface area contributed by atoms with Crippen LogP contribution < -0.4 is 0 Å². The molecule has 2 heterocycles. The maximum atomic E-state index is 12.3. The predicted molar refractivity (Wildman–Crippen MR) is 101 cm³/mol. The van der Waals surface area contributed by atoms with Gasteiger partial charge < -0.3 is 9.42 Å². The van der Waals surface area contributed by atoms with Crippen LogP contribution in [0.4, 0.5) is 0 Å². The van der Waals surface area contributed by atoms with Gasteiger partial charge in [-0.25, -0.2) is 0 Å². The summed E-state index contributed by atoms with van der Waals surface area (Å²) in [5.41, 5.74) is 2.05. The van der Waals surface area contributed by atoms with Gasteiger partial charge in [0.25, 0.3) is 0 Å². The number of thioether (sulfide) groups is 1. The largest absolute Gasteiger partial charge is 0.339 e. The van der Waals surface area contributed by atoms with Crippen molar-refractivity contribution in [3.63, 3.8) is 0 Å². The van der Waals surface area contributed by atoms with E-state index in [1.165, 1.54) is 4.90 Å². The fraction of sp³-hybridized carbons (Fsp3) is 0.250. The number of benzene rings is 2. The normalized spacial score (nSPS) is 17.0. The Balaban J connectivity index is 1.46. The lowest BCUT2D eigenvalue weighted by atomic mass is 10.1. The summed E-state index contributed by atoms with van der Waals surface area (Å²) in [5, 5.41) is 4.10. The number of rotatable bonds is 5. The SMILES string of the molecule is CSc1ccc(-c2noc(C3CC(=O)N(Cc4ccccc4)C3)n2)cc1. The molecule has 1 aliphatic rings. The van der Waals surface area contributed by atoms with E-state index in [0.717, 1.165) is 11.1 Å². The van der Waals surface area contributed by atoms with Crippen LogP contribution in [0.3, 0.4) is 0 Å². The van der Waals surface area contributed by atoms with Crippen LogP contribution in [0.15, 0.2) is 64.0 Å². The highest BCUT2D eigenvalue weighted by molar-refractivity contribution is 7.98. The second-order valence-electron chi connectivity index (χ2n) is 6.35. The molecule has 1 aromatic heterocycles. The number of carbonyl (C=O) groups is 1. The average Bonchev–Trinajstić information content (AvgIpc) is 3.30. The van der Waals surface area contributed by atoms with Crippen molar-refractivity contribution in [2.75, 3.05) is 12.8 Å². The molecule has 1 atom stereocenters. The Kier molecular flexibility index (Phi) is 4.75. The fourth-order valence-corrected chi connectivity index (χ4v) is 3.56. The molecule has 1 amide bonds. The lowest BCUT2D eigenvalue weighted by molar-refractivity contribution is -0.128. The first-order valence-electron chi connectivity index (χ1n) is 8.52. The molecule has 0 radical (unpaired) electrons. The van der Waals surface area contributed by atoms with E-state index in [1.807, 2.05) is 65.8 Å². The molecule has 5 nitrogen and oxygen atoms in total. The van der Waals surface area contributed by atoms with Gasteiger partial charge >= 0.3 is 0 Å². The summed E-state index contributed by atoms with van der Waals surface area (Å²) in [7, 11) is 0. The van der Waals surface area contributed by atoms with Gasteiger partial charge in [0.15, 0.2) is 0 Å². The molecule has 1 fully saturated rings. The van der Waals surface area contributed by atoms with Crippen LogP contribution in [0.25, 0.3) is 11.4 Å². The third kappa shape index (κ3) is 3.51. The number of nitrogens with zero attached hydrogens (tertiary/aromatic N) is 3. The van der Waals surface area contributed by atoms with Crippen molar-refractivity contribution in [1.29, 1.82) is 0 Å². The Morgan fingerprint density at radius 2 is 1.92 bits per heavy atom. The zero-order chi connectivity index (χ0) is 17.9. The van der Waals surface area contributed by atoms with E-state index in [4.69, 9.17) is 4.52 Å². The summed E-state index contributed by atoms with van der Waals surface area (Å²) < 4.78 is 5.46. The van der Waals surface area contributed by atoms with E-state index in [2.05, 4.69) is 10.1 Å². The van der Waals surface area contributed by atoms with Gasteiger partial charge in [-0.2, -0.15) is 4.98 Å². The van der Waals surface area contributed by atoms with Crippen molar-refractivity contribution in [2.45, 2.75) is 23.8 Å². The van der Waals surface area contributed by atoms with Crippen molar-refractivity contribution in [3.8, 4) is 11.4 Å². The molecule has 0 saturated carbocycles. The molecule has 0 spiro atoms. The molecule has 132 valence electrons. The van der Waals surface area contributed by atoms with E-state index in [9.17, 15) is 4.79 Å². The molecule has 0 N–H and O–H groups in total. The number of aromatic nitrogens is 2. The van der Waals surface area contributed by atoms with Gasteiger partial charge in [0.05, 0.1) is 5.92 Å². The van der Waals surface area contributed by atoms with Gasteiger partial charge in [-0.1, -0.05) is 35.5 Å².